The molecule has 136 valence electrons. The molecule has 10 atom stereocenters. The maximum atomic E-state index is 9.94. The molecule has 0 spiro atoms. The van der Waals surface area contributed by atoms with Crippen LogP contribution in [0, 0.1) is 0 Å². The monoisotopic (exact) mass is 343 g/mol. The fraction of sp³-hybridized carbons (Fsp3) is 1.00. The molecule has 23 heavy (non-hydrogen) atoms. The molecule has 0 bridgehead atoms. The summed E-state index contributed by atoms with van der Waals surface area (Å²) in [5, 5.41) is 76.5. The molecule has 0 radical (unpaired) electrons. The summed E-state index contributed by atoms with van der Waals surface area (Å²) in [4.78, 5) is 0. The molecule has 0 saturated carbocycles. The Morgan fingerprint density at radius 2 is 1.30 bits per heavy atom. The van der Waals surface area contributed by atoms with Crippen molar-refractivity contribution in [3.63, 3.8) is 0 Å². The summed E-state index contributed by atoms with van der Waals surface area (Å²) >= 11 is 0. The van der Waals surface area contributed by atoms with E-state index in [0.29, 0.717) is 0 Å². The van der Waals surface area contributed by atoms with Crippen LogP contribution in [0.3, 0.4) is 0 Å². The molecule has 0 aliphatic carbocycles. The van der Waals surface area contributed by atoms with Gasteiger partial charge in [0, 0.05) is 0 Å². The van der Waals surface area contributed by atoms with Gasteiger partial charge in [0.2, 0.25) is 0 Å². The van der Waals surface area contributed by atoms with Gasteiger partial charge in [0.05, 0.1) is 13.2 Å². The second-order valence-corrected chi connectivity index (χ2v) is 5.53. The van der Waals surface area contributed by atoms with Gasteiger partial charge in [0.25, 0.3) is 0 Å². The molecule has 8 N–H and O–H groups in total. The van der Waals surface area contributed by atoms with Crippen molar-refractivity contribution in [2.45, 2.75) is 61.4 Å². The van der Waals surface area contributed by atoms with Gasteiger partial charge in [-0.25, -0.2) is 0 Å². The third-order valence-corrected chi connectivity index (χ3v) is 3.98. The van der Waals surface area contributed by atoms with Gasteiger partial charge in [-0.05, 0) is 0 Å². The molecule has 2 fully saturated rings. The third kappa shape index (κ3) is 3.65. The summed E-state index contributed by atoms with van der Waals surface area (Å²) in [6.45, 7) is -1.35. The van der Waals surface area contributed by atoms with E-state index in [1.165, 1.54) is 0 Å². The Morgan fingerprint density at radius 3 is 1.87 bits per heavy atom. The molecule has 11 heteroatoms. The minimum atomic E-state index is -1.74. The van der Waals surface area contributed by atoms with E-state index < -0.39 is 74.6 Å². The maximum absolute atomic E-state index is 9.94. The molecule has 2 rings (SSSR count). The average Bonchev–Trinajstić information content (AvgIpc) is 2.55. The van der Waals surface area contributed by atoms with Crippen LogP contribution < -0.4 is 0 Å². The maximum Gasteiger partial charge on any atom is 1.00 e. The summed E-state index contributed by atoms with van der Waals surface area (Å²) in [6.07, 6.45) is -15.6. The topological polar surface area (TPSA) is 190 Å². The molecule has 2 aliphatic rings. The van der Waals surface area contributed by atoms with Gasteiger partial charge in [-0.2, -0.15) is 0 Å². The molecular weight excluding hydrogens is 320 g/mol. The van der Waals surface area contributed by atoms with Crippen molar-refractivity contribution in [2.24, 2.45) is 0 Å². The van der Waals surface area contributed by atoms with Crippen LogP contribution in [0.1, 0.15) is 1.43 Å². The molecule has 2 heterocycles. The Bertz CT molecular complexity index is 384. The first-order valence-electron chi connectivity index (χ1n) is 7.08. The van der Waals surface area contributed by atoms with Gasteiger partial charge in [-0.3, -0.25) is 0 Å². The lowest BCUT2D eigenvalue weighted by Gasteiger charge is -2.45. The fourth-order valence-corrected chi connectivity index (χ4v) is 2.57. The average molecular weight is 343 g/mol. The Hall–Kier alpha value is -0.440. The number of ether oxygens (including phenoxy) is 3. The first-order chi connectivity index (χ1) is 10.8. The quantitative estimate of drug-likeness (QED) is 0.243. The first kappa shape index (κ1) is 18.9. The van der Waals surface area contributed by atoms with Crippen molar-refractivity contribution in [3.8, 4) is 0 Å². The molecular formula is C12H23O11+. The van der Waals surface area contributed by atoms with Crippen LogP contribution in [0.4, 0.5) is 0 Å². The van der Waals surface area contributed by atoms with E-state index in [9.17, 15) is 35.7 Å². The van der Waals surface area contributed by atoms with Crippen molar-refractivity contribution in [2.75, 3.05) is 13.2 Å². The van der Waals surface area contributed by atoms with Gasteiger partial charge < -0.3 is 55.1 Å². The predicted molar refractivity (Wildman–Crippen MR) is 69.7 cm³/mol. The molecule has 11 nitrogen and oxygen atoms in total. The van der Waals surface area contributed by atoms with E-state index in [-0.39, 0.29) is 1.43 Å². The second-order valence-electron chi connectivity index (χ2n) is 5.53. The smallest absolute Gasteiger partial charge is 0.394 e. The van der Waals surface area contributed by atoms with Gasteiger partial charge >= 0.3 is 1.43 Å². The molecule has 2 aliphatic heterocycles. The number of aliphatic hydroxyl groups excluding tert-OH is 8. The summed E-state index contributed by atoms with van der Waals surface area (Å²) in [7, 11) is 0. The van der Waals surface area contributed by atoms with Crippen LogP contribution in [0.2, 0.25) is 0 Å². The van der Waals surface area contributed by atoms with Crippen LogP contribution in [0.25, 0.3) is 0 Å². The summed E-state index contributed by atoms with van der Waals surface area (Å²) in [6, 6.07) is 0. The Balaban J connectivity index is 0.00000288. The van der Waals surface area contributed by atoms with Crippen LogP contribution in [0.15, 0.2) is 0 Å². The molecule has 0 aromatic rings. The number of hydrogen-bond acceptors (Lipinski definition) is 11. The molecule has 2 saturated heterocycles. The van der Waals surface area contributed by atoms with Crippen molar-refractivity contribution in [1.29, 1.82) is 0 Å². The van der Waals surface area contributed by atoms with E-state index in [1.807, 2.05) is 0 Å². The first-order valence-corrected chi connectivity index (χ1v) is 7.08. The zero-order chi connectivity index (χ0) is 17.3. The van der Waals surface area contributed by atoms with Gasteiger partial charge in [0.15, 0.2) is 12.6 Å². The SMILES string of the molecule is OC[C@H]1O[C@H](O[C@H]2[C@H](O)[C@@H](O)[C@H](O)O[C@@H]2CO)[C@H](O)[C@@H](O)[C@@H]1O.[H+]. The third-order valence-electron chi connectivity index (χ3n) is 3.98. The highest BCUT2D eigenvalue weighted by molar-refractivity contribution is 4.93. The molecule has 0 amide bonds. The van der Waals surface area contributed by atoms with E-state index in [0.717, 1.165) is 0 Å². The molecule has 0 aromatic carbocycles. The Morgan fingerprint density at radius 1 is 0.696 bits per heavy atom. The standard InChI is InChI=1S/C12H22O11/c13-1-3-5(15)6(16)9(19)12(22-3)23-10-4(2-14)21-11(20)8(18)7(10)17/h3-20H,1-2H2/p+1/t3-,4-,5-,6+,7-,8-,9-,10-,11-,12-/m1/s1. The lowest BCUT2D eigenvalue weighted by Crippen LogP contribution is -2.64. The van der Waals surface area contributed by atoms with Crippen LogP contribution >= 0.6 is 0 Å². The minimum absolute atomic E-state index is 0. The van der Waals surface area contributed by atoms with Crippen LogP contribution in [-0.4, -0.2) is 115 Å². The number of aliphatic hydroxyl groups is 8. The van der Waals surface area contributed by atoms with E-state index in [1.54, 1.807) is 0 Å². The van der Waals surface area contributed by atoms with Crippen molar-refractivity contribution in [3.05, 3.63) is 0 Å². The van der Waals surface area contributed by atoms with E-state index >= 15 is 0 Å². The Kier molecular flexibility index (Phi) is 6.27. The lowest BCUT2D eigenvalue weighted by atomic mass is 9.97. The highest BCUT2D eigenvalue weighted by Crippen LogP contribution is 2.28. The lowest BCUT2D eigenvalue weighted by molar-refractivity contribution is -0.355. The highest BCUT2D eigenvalue weighted by atomic mass is 16.7. The zero-order valence-corrected chi connectivity index (χ0v) is 12.0. The van der Waals surface area contributed by atoms with Crippen molar-refractivity contribution < 1.29 is 56.5 Å². The van der Waals surface area contributed by atoms with E-state index in [2.05, 4.69) is 0 Å². The van der Waals surface area contributed by atoms with Crippen molar-refractivity contribution >= 4 is 0 Å². The van der Waals surface area contributed by atoms with Gasteiger partial charge in [0.1, 0.15) is 48.8 Å². The molecule has 0 unspecified atom stereocenters. The fourth-order valence-electron chi connectivity index (χ4n) is 2.57. The normalized spacial score (nSPS) is 51.7. The minimum Gasteiger partial charge on any atom is -0.394 e. The predicted octanol–water partition coefficient (Wildman–Crippen LogP) is -5.28. The second kappa shape index (κ2) is 7.63. The summed E-state index contributed by atoms with van der Waals surface area (Å²) in [5.41, 5.74) is 0. The number of rotatable bonds is 4. The van der Waals surface area contributed by atoms with Crippen molar-refractivity contribution in [1.82, 2.24) is 0 Å². The largest absolute Gasteiger partial charge is 1.00 e. The molecule has 0 aromatic heterocycles. The van der Waals surface area contributed by atoms with Crippen LogP contribution in [-0.2, 0) is 14.2 Å². The highest BCUT2D eigenvalue weighted by Gasteiger charge is 2.50. The van der Waals surface area contributed by atoms with Crippen LogP contribution in [0.5, 0.6) is 0 Å². The van der Waals surface area contributed by atoms with Gasteiger partial charge in [-0.15, -0.1) is 0 Å². The van der Waals surface area contributed by atoms with Gasteiger partial charge in [-0.1, -0.05) is 0 Å². The van der Waals surface area contributed by atoms with E-state index in [4.69, 9.17) is 19.3 Å². The Labute approximate surface area is 132 Å². The number of hydrogen-bond donors (Lipinski definition) is 8. The summed E-state index contributed by atoms with van der Waals surface area (Å²) in [5.74, 6) is 0. The zero-order valence-electron chi connectivity index (χ0n) is 13.0. The summed E-state index contributed by atoms with van der Waals surface area (Å²) < 4.78 is 15.3.